The Morgan fingerprint density at radius 2 is 1.80 bits per heavy atom. The normalized spacial score (nSPS) is 12.7. The van der Waals surface area contributed by atoms with E-state index < -0.39 is 5.60 Å². The molecule has 2 heterocycles. The van der Waals surface area contributed by atoms with Crippen molar-refractivity contribution in [2.24, 2.45) is 0 Å². The summed E-state index contributed by atoms with van der Waals surface area (Å²) in [6, 6.07) is 10.3. The van der Waals surface area contributed by atoms with Crippen molar-refractivity contribution in [1.82, 2.24) is 14.6 Å². The Hall–Kier alpha value is -1.92. The van der Waals surface area contributed by atoms with Gasteiger partial charge < -0.3 is 10.0 Å². The van der Waals surface area contributed by atoms with Crippen LogP contribution >= 0.6 is 11.3 Å². The molecule has 0 aliphatic heterocycles. The first-order chi connectivity index (χ1) is 11.6. The smallest absolute Gasteiger partial charge is 0.214 e. The number of aromatic nitrogens is 3. The number of anilines is 1. The van der Waals surface area contributed by atoms with Gasteiger partial charge in [0.15, 0.2) is 0 Å². The number of hydrogen-bond donors (Lipinski definition) is 1. The third kappa shape index (κ3) is 4.38. The van der Waals surface area contributed by atoms with Crippen LogP contribution in [0.5, 0.6) is 0 Å². The second-order valence-electron chi connectivity index (χ2n) is 8.14. The van der Waals surface area contributed by atoms with E-state index >= 15 is 0 Å². The highest BCUT2D eigenvalue weighted by atomic mass is 32.1. The van der Waals surface area contributed by atoms with Gasteiger partial charge in [-0.15, -0.1) is 5.10 Å². The maximum atomic E-state index is 10.3. The number of benzene rings is 1. The molecule has 25 heavy (non-hydrogen) atoms. The Labute approximate surface area is 152 Å². The minimum absolute atomic E-state index is 0.00436. The van der Waals surface area contributed by atoms with E-state index in [0.29, 0.717) is 13.1 Å². The van der Waals surface area contributed by atoms with Crippen molar-refractivity contribution < 1.29 is 5.11 Å². The van der Waals surface area contributed by atoms with Gasteiger partial charge >= 0.3 is 0 Å². The zero-order chi connectivity index (χ0) is 18.2. The van der Waals surface area contributed by atoms with E-state index in [1.165, 1.54) is 5.56 Å². The Bertz CT molecular complexity index is 808. The first-order valence-corrected chi connectivity index (χ1v) is 9.31. The summed E-state index contributed by atoms with van der Waals surface area (Å²) < 4.78 is 1.85. The summed E-state index contributed by atoms with van der Waals surface area (Å²) in [5.74, 6) is 0. The molecule has 3 aromatic rings. The van der Waals surface area contributed by atoms with Crippen molar-refractivity contribution >= 4 is 21.4 Å². The van der Waals surface area contributed by atoms with E-state index in [4.69, 9.17) is 10.1 Å². The topological polar surface area (TPSA) is 53.7 Å². The summed E-state index contributed by atoms with van der Waals surface area (Å²) in [5.41, 5.74) is 1.42. The molecule has 0 aliphatic carbocycles. The largest absolute Gasteiger partial charge is 0.389 e. The van der Waals surface area contributed by atoms with E-state index in [2.05, 4.69) is 37.8 Å². The van der Waals surface area contributed by atoms with Crippen molar-refractivity contribution in [3.05, 3.63) is 47.8 Å². The molecule has 0 radical (unpaired) electrons. The number of fused-ring (bicyclic) bond motifs is 1. The van der Waals surface area contributed by atoms with Crippen LogP contribution in [0.1, 0.15) is 45.9 Å². The molecule has 0 atom stereocenters. The number of nitrogens with zero attached hydrogens (tertiary/aromatic N) is 4. The number of rotatable bonds is 5. The zero-order valence-electron chi connectivity index (χ0n) is 15.5. The van der Waals surface area contributed by atoms with Crippen LogP contribution in [0.25, 0.3) is 4.96 Å². The van der Waals surface area contributed by atoms with Crippen LogP contribution in [-0.2, 0) is 12.0 Å². The fraction of sp³-hybridized carbons (Fsp3) is 0.474. The molecule has 2 aromatic heterocycles. The molecular weight excluding hydrogens is 332 g/mol. The maximum absolute atomic E-state index is 10.3. The van der Waals surface area contributed by atoms with E-state index in [9.17, 15) is 5.11 Å². The van der Waals surface area contributed by atoms with Crippen LogP contribution in [0, 0.1) is 0 Å². The van der Waals surface area contributed by atoms with Gasteiger partial charge in [0, 0.05) is 18.5 Å². The molecule has 5 nitrogen and oxygen atoms in total. The molecule has 0 bridgehead atoms. The Morgan fingerprint density at radius 3 is 2.36 bits per heavy atom. The molecule has 0 saturated heterocycles. The Kier molecular flexibility index (Phi) is 4.60. The lowest BCUT2D eigenvalue weighted by Crippen LogP contribution is -2.38. The lowest BCUT2D eigenvalue weighted by Gasteiger charge is -2.28. The van der Waals surface area contributed by atoms with Gasteiger partial charge in [-0.05, 0) is 19.4 Å². The third-order valence-electron chi connectivity index (χ3n) is 3.87. The maximum Gasteiger partial charge on any atom is 0.214 e. The third-order valence-corrected chi connectivity index (χ3v) is 4.85. The van der Waals surface area contributed by atoms with Gasteiger partial charge in [0.25, 0.3) is 0 Å². The lowest BCUT2D eigenvalue weighted by atomic mass is 9.93. The molecule has 134 valence electrons. The van der Waals surface area contributed by atoms with E-state index in [0.717, 1.165) is 15.8 Å². The molecule has 0 aliphatic rings. The summed E-state index contributed by atoms with van der Waals surface area (Å²) in [6.07, 6.45) is 2.00. The Morgan fingerprint density at radius 1 is 1.12 bits per heavy atom. The van der Waals surface area contributed by atoms with Crippen molar-refractivity contribution in [2.75, 3.05) is 11.4 Å². The van der Waals surface area contributed by atoms with Gasteiger partial charge in [0.1, 0.15) is 0 Å². The molecule has 1 N–H and O–H groups in total. The van der Waals surface area contributed by atoms with Crippen molar-refractivity contribution in [3.8, 4) is 0 Å². The monoisotopic (exact) mass is 358 g/mol. The summed E-state index contributed by atoms with van der Waals surface area (Å²) in [5, 5.41) is 15.9. The summed E-state index contributed by atoms with van der Waals surface area (Å²) in [6.45, 7) is 11.3. The highest BCUT2D eigenvalue weighted by molar-refractivity contribution is 7.20. The van der Waals surface area contributed by atoms with Crippen LogP contribution in [0.2, 0.25) is 0 Å². The van der Waals surface area contributed by atoms with Gasteiger partial charge in [-0.25, -0.2) is 9.50 Å². The fourth-order valence-electron chi connectivity index (χ4n) is 2.64. The SMILES string of the molecule is CC(C)(O)CN(Cc1ccccc1)c1nn2cc(C(C)(C)C)nc2s1. The van der Waals surface area contributed by atoms with Crippen LogP contribution in [-0.4, -0.2) is 31.9 Å². The van der Waals surface area contributed by atoms with Gasteiger partial charge in [-0.1, -0.05) is 62.4 Å². The van der Waals surface area contributed by atoms with Gasteiger partial charge in [-0.2, -0.15) is 0 Å². The predicted octanol–water partition coefficient (Wildman–Crippen LogP) is 3.87. The quantitative estimate of drug-likeness (QED) is 0.752. The highest BCUT2D eigenvalue weighted by Gasteiger charge is 2.24. The number of imidazole rings is 1. The molecule has 0 fully saturated rings. The first kappa shape index (κ1) is 17.9. The van der Waals surface area contributed by atoms with Crippen LogP contribution < -0.4 is 4.90 Å². The van der Waals surface area contributed by atoms with E-state index in [1.807, 2.05) is 42.8 Å². The van der Waals surface area contributed by atoms with Gasteiger partial charge in [0.2, 0.25) is 10.1 Å². The van der Waals surface area contributed by atoms with E-state index in [1.54, 1.807) is 11.3 Å². The Balaban J connectivity index is 1.92. The first-order valence-electron chi connectivity index (χ1n) is 8.50. The molecule has 0 amide bonds. The molecule has 0 unspecified atom stereocenters. The average molecular weight is 359 g/mol. The molecular formula is C19H26N4OS. The predicted molar refractivity (Wildman–Crippen MR) is 103 cm³/mol. The van der Waals surface area contributed by atoms with Crippen molar-refractivity contribution in [3.63, 3.8) is 0 Å². The minimum Gasteiger partial charge on any atom is -0.389 e. The second kappa shape index (κ2) is 6.42. The summed E-state index contributed by atoms with van der Waals surface area (Å²) in [7, 11) is 0. The molecule has 0 saturated carbocycles. The average Bonchev–Trinajstić information content (AvgIpc) is 3.04. The van der Waals surface area contributed by atoms with Crippen molar-refractivity contribution in [1.29, 1.82) is 0 Å². The number of hydrogen-bond acceptors (Lipinski definition) is 5. The summed E-state index contributed by atoms with van der Waals surface area (Å²) >= 11 is 1.56. The minimum atomic E-state index is -0.806. The molecule has 6 heteroatoms. The van der Waals surface area contributed by atoms with E-state index in [-0.39, 0.29) is 5.41 Å². The number of aliphatic hydroxyl groups is 1. The second-order valence-corrected chi connectivity index (χ2v) is 9.08. The standard InChI is InChI=1S/C19H26N4OS/c1-18(2,3)15-12-23-16(20-15)25-17(21-23)22(13-19(4,5)24)11-14-9-7-6-8-10-14/h6-10,12,24H,11,13H2,1-5H3. The van der Waals surface area contributed by atoms with Gasteiger partial charge in [0.05, 0.1) is 17.5 Å². The van der Waals surface area contributed by atoms with Crippen LogP contribution in [0.4, 0.5) is 5.13 Å². The van der Waals surface area contributed by atoms with Crippen LogP contribution in [0.3, 0.4) is 0 Å². The zero-order valence-corrected chi connectivity index (χ0v) is 16.3. The summed E-state index contributed by atoms with van der Waals surface area (Å²) in [4.78, 5) is 7.72. The molecule has 1 aromatic carbocycles. The lowest BCUT2D eigenvalue weighted by molar-refractivity contribution is 0.0869. The van der Waals surface area contributed by atoms with Crippen molar-refractivity contribution in [2.45, 2.75) is 52.2 Å². The molecule has 3 rings (SSSR count). The fourth-order valence-corrected chi connectivity index (χ4v) is 3.52. The van der Waals surface area contributed by atoms with Crippen LogP contribution in [0.15, 0.2) is 36.5 Å². The van der Waals surface area contributed by atoms with Gasteiger partial charge in [-0.3, -0.25) is 0 Å². The highest BCUT2D eigenvalue weighted by Crippen LogP contribution is 2.29. The molecule has 0 spiro atoms.